The van der Waals surface area contributed by atoms with Gasteiger partial charge in [0, 0.05) is 28.2 Å². The van der Waals surface area contributed by atoms with E-state index < -0.39 is 0 Å². The molecule has 0 aliphatic carbocycles. The van der Waals surface area contributed by atoms with E-state index in [-0.39, 0.29) is 23.9 Å². The second-order valence-electron chi connectivity index (χ2n) is 9.89. The van der Waals surface area contributed by atoms with Gasteiger partial charge >= 0.3 is 6.03 Å². The maximum atomic E-state index is 13.2. The standard InChI is InChI=1S/C28H36BrN5O3/c1-6-7-8-17-33(27(36)30-21-11-9-20(29)10-12-21)19-26(35)31-25-18-24(28(2,3)4)32-34(25)22-13-15-23(37-5)16-14-22/h9-16,18H,6-8,17,19H2,1-5H3,(H,30,36)(H,31,35). The number of ether oxygens (including phenoxy) is 1. The third kappa shape index (κ3) is 8.08. The summed E-state index contributed by atoms with van der Waals surface area (Å²) >= 11 is 3.40. The number of hydrogen-bond donors (Lipinski definition) is 2. The van der Waals surface area contributed by atoms with E-state index >= 15 is 0 Å². The minimum Gasteiger partial charge on any atom is -0.497 e. The second kappa shape index (κ2) is 12.8. The zero-order valence-electron chi connectivity index (χ0n) is 22.2. The van der Waals surface area contributed by atoms with E-state index in [1.165, 1.54) is 0 Å². The molecular weight excluding hydrogens is 534 g/mol. The lowest BCUT2D eigenvalue weighted by Crippen LogP contribution is -2.41. The minimum absolute atomic E-state index is 0.0787. The average molecular weight is 571 g/mol. The molecule has 0 fully saturated rings. The number of benzene rings is 2. The van der Waals surface area contributed by atoms with Crippen LogP contribution in [0.5, 0.6) is 5.75 Å². The van der Waals surface area contributed by atoms with Gasteiger partial charge in [-0.15, -0.1) is 0 Å². The van der Waals surface area contributed by atoms with E-state index in [1.54, 1.807) is 16.7 Å². The molecule has 2 N–H and O–H groups in total. The number of halogens is 1. The molecule has 9 heteroatoms. The van der Waals surface area contributed by atoms with Gasteiger partial charge in [0.2, 0.25) is 5.91 Å². The summed E-state index contributed by atoms with van der Waals surface area (Å²) in [7, 11) is 1.62. The average Bonchev–Trinajstić information content (AvgIpc) is 3.29. The van der Waals surface area contributed by atoms with Crippen molar-refractivity contribution in [3.63, 3.8) is 0 Å². The molecular formula is C28H36BrN5O3. The first-order valence-electron chi connectivity index (χ1n) is 12.5. The highest BCUT2D eigenvalue weighted by Crippen LogP contribution is 2.27. The molecule has 37 heavy (non-hydrogen) atoms. The number of nitrogens with zero attached hydrogens (tertiary/aromatic N) is 3. The van der Waals surface area contributed by atoms with E-state index in [9.17, 15) is 9.59 Å². The van der Waals surface area contributed by atoms with Crippen LogP contribution in [-0.2, 0) is 10.2 Å². The molecule has 0 saturated carbocycles. The molecule has 0 aliphatic rings. The van der Waals surface area contributed by atoms with Crippen LogP contribution in [0.3, 0.4) is 0 Å². The number of amides is 3. The van der Waals surface area contributed by atoms with Gasteiger partial charge in [0.05, 0.1) is 18.5 Å². The zero-order chi connectivity index (χ0) is 27.0. The molecule has 0 saturated heterocycles. The number of carbonyl (C=O) groups excluding carboxylic acids is 2. The Hall–Kier alpha value is -3.33. The Bertz CT molecular complexity index is 1180. The van der Waals surface area contributed by atoms with Crippen molar-refractivity contribution in [3.05, 3.63) is 64.8 Å². The normalized spacial score (nSPS) is 11.2. The molecule has 3 amide bonds. The largest absolute Gasteiger partial charge is 0.497 e. The van der Waals surface area contributed by atoms with Crippen molar-refractivity contribution >= 4 is 39.4 Å². The van der Waals surface area contributed by atoms with Crippen LogP contribution in [0.2, 0.25) is 0 Å². The number of anilines is 2. The van der Waals surface area contributed by atoms with Crippen LogP contribution in [0.25, 0.3) is 5.69 Å². The minimum atomic E-state index is -0.312. The number of rotatable bonds is 10. The summed E-state index contributed by atoms with van der Waals surface area (Å²) in [6.45, 7) is 8.72. The molecule has 0 radical (unpaired) electrons. The van der Waals surface area contributed by atoms with Crippen LogP contribution >= 0.6 is 15.9 Å². The highest BCUT2D eigenvalue weighted by atomic mass is 79.9. The lowest BCUT2D eigenvalue weighted by molar-refractivity contribution is -0.116. The van der Waals surface area contributed by atoms with E-state index in [0.29, 0.717) is 18.1 Å². The van der Waals surface area contributed by atoms with E-state index in [4.69, 9.17) is 9.84 Å². The van der Waals surface area contributed by atoms with E-state index in [0.717, 1.165) is 40.9 Å². The topological polar surface area (TPSA) is 88.5 Å². The van der Waals surface area contributed by atoms with Crippen LogP contribution in [0.15, 0.2) is 59.1 Å². The number of methoxy groups -OCH3 is 1. The Morgan fingerprint density at radius 1 is 1.03 bits per heavy atom. The zero-order valence-corrected chi connectivity index (χ0v) is 23.8. The van der Waals surface area contributed by atoms with Crippen molar-refractivity contribution in [2.45, 2.75) is 52.4 Å². The van der Waals surface area contributed by atoms with Gasteiger partial charge in [0.15, 0.2) is 0 Å². The highest BCUT2D eigenvalue weighted by Gasteiger charge is 2.23. The molecule has 8 nitrogen and oxygen atoms in total. The summed E-state index contributed by atoms with van der Waals surface area (Å²) < 4.78 is 7.90. The quantitative estimate of drug-likeness (QED) is 0.269. The Balaban J connectivity index is 1.80. The van der Waals surface area contributed by atoms with Crippen molar-refractivity contribution in [2.24, 2.45) is 0 Å². The van der Waals surface area contributed by atoms with Gasteiger partial charge in [-0.1, -0.05) is 56.5 Å². The fraction of sp³-hybridized carbons (Fsp3) is 0.393. The molecule has 2 aromatic carbocycles. The maximum Gasteiger partial charge on any atom is 0.322 e. The molecule has 1 aromatic heterocycles. The van der Waals surface area contributed by atoms with Gasteiger partial charge in [-0.3, -0.25) is 4.79 Å². The van der Waals surface area contributed by atoms with E-state index in [2.05, 4.69) is 54.3 Å². The lowest BCUT2D eigenvalue weighted by atomic mass is 9.92. The molecule has 198 valence electrons. The lowest BCUT2D eigenvalue weighted by Gasteiger charge is -2.23. The van der Waals surface area contributed by atoms with Gasteiger partial charge in [-0.2, -0.15) is 5.10 Å². The summed E-state index contributed by atoms with van der Waals surface area (Å²) in [5.41, 5.74) is 2.08. The summed E-state index contributed by atoms with van der Waals surface area (Å²) in [4.78, 5) is 27.8. The van der Waals surface area contributed by atoms with Crippen molar-refractivity contribution in [2.75, 3.05) is 30.8 Å². The molecule has 1 heterocycles. The van der Waals surface area contributed by atoms with Crippen LogP contribution in [-0.4, -0.2) is 46.8 Å². The summed E-state index contributed by atoms with van der Waals surface area (Å²) in [6, 6.07) is 16.4. The van der Waals surface area contributed by atoms with Crippen LogP contribution in [0, 0.1) is 0 Å². The molecule has 3 aromatic rings. The Labute approximate surface area is 227 Å². The van der Waals surface area contributed by atoms with Crippen LogP contribution in [0.4, 0.5) is 16.3 Å². The monoisotopic (exact) mass is 569 g/mol. The number of aromatic nitrogens is 2. The number of nitrogens with one attached hydrogen (secondary N) is 2. The van der Waals surface area contributed by atoms with Crippen molar-refractivity contribution in [1.29, 1.82) is 0 Å². The molecule has 3 rings (SSSR count). The molecule has 0 spiro atoms. The fourth-order valence-corrected chi connectivity index (χ4v) is 3.92. The summed E-state index contributed by atoms with van der Waals surface area (Å²) in [5, 5.41) is 10.6. The number of unbranched alkanes of at least 4 members (excludes halogenated alkanes) is 2. The molecule has 0 atom stereocenters. The highest BCUT2D eigenvalue weighted by molar-refractivity contribution is 9.10. The Morgan fingerprint density at radius 2 is 1.70 bits per heavy atom. The third-order valence-corrected chi connectivity index (χ3v) is 6.34. The first kappa shape index (κ1) is 28.2. The predicted molar refractivity (Wildman–Crippen MR) is 152 cm³/mol. The van der Waals surface area contributed by atoms with Gasteiger partial charge in [0.25, 0.3) is 0 Å². The molecule has 0 unspecified atom stereocenters. The first-order chi connectivity index (χ1) is 17.6. The summed E-state index contributed by atoms with van der Waals surface area (Å²) in [6.07, 6.45) is 2.81. The van der Waals surface area contributed by atoms with Crippen LogP contribution < -0.4 is 15.4 Å². The number of hydrogen-bond acceptors (Lipinski definition) is 4. The molecule has 0 aliphatic heterocycles. The predicted octanol–water partition coefficient (Wildman–Crippen LogP) is 6.60. The van der Waals surface area contributed by atoms with Crippen LogP contribution in [0.1, 0.15) is 52.7 Å². The Morgan fingerprint density at radius 3 is 2.30 bits per heavy atom. The van der Waals surface area contributed by atoms with Gasteiger partial charge in [0.1, 0.15) is 18.1 Å². The van der Waals surface area contributed by atoms with Gasteiger partial charge in [-0.25, -0.2) is 9.48 Å². The second-order valence-corrected chi connectivity index (χ2v) is 10.8. The fourth-order valence-electron chi connectivity index (χ4n) is 3.65. The summed E-state index contributed by atoms with van der Waals surface area (Å²) in [5.74, 6) is 0.983. The first-order valence-corrected chi connectivity index (χ1v) is 13.3. The Kier molecular flexibility index (Phi) is 9.74. The van der Waals surface area contributed by atoms with Gasteiger partial charge < -0.3 is 20.3 Å². The van der Waals surface area contributed by atoms with Crippen molar-refractivity contribution in [3.8, 4) is 11.4 Å². The van der Waals surface area contributed by atoms with Crippen molar-refractivity contribution < 1.29 is 14.3 Å². The number of carbonyl (C=O) groups is 2. The number of urea groups is 1. The maximum absolute atomic E-state index is 13.2. The van der Waals surface area contributed by atoms with E-state index in [1.807, 2.05) is 54.6 Å². The SMILES string of the molecule is CCCCCN(CC(=O)Nc1cc(C(C)(C)C)nn1-c1ccc(OC)cc1)C(=O)Nc1ccc(Br)cc1. The smallest absolute Gasteiger partial charge is 0.322 e. The third-order valence-electron chi connectivity index (χ3n) is 5.81. The van der Waals surface area contributed by atoms with Crippen molar-refractivity contribution in [1.82, 2.24) is 14.7 Å². The van der Waals surface area contributed by atoms with Gasteiger partial charge in [-0.05, 0) is 55.0 Å². The molecule has 0 bridgehead atoms.